The molecule has 31 heavy (non-hydrogen) atoms. The number of amides is 4. The van der Waals surface area contributed by atoms with E-state index in [1.807, 2.05) is 22.8 Å². The Morgan fingerprint density at radius 2 is 2.06 bits per heavy atom. The number of carbonyl (C=O) groups excluding carboxylic acids is 3. The van der Waals surface area contributed by atoms with Gasteiger partial charge < -0.3 is 15.1 Å². The van der Waals surface area contributed by atoms with Gasteiger partial charge in [-0.05, 0) is 50.3 Å². The molecule has 1 saturated carbocycles. The maximum Gasteiger partial charge on any atom is 0.322 e. The van der Waals surface area contributed by atoms with Crippen molar-refractivity contribution in [1.29, 1.82) is 0 Å². The van der Waals surface area contributed by atoms with Crippen LogP contribution in [0.3, 0.4) is 0 Å². The average Bonchev–Trinajstić information content (AvgIpc) is 3.48. The molecule has 2 saturated heterocycles. The lowest BCUT2D eigenvalue weighted by molar-refractivity contribution is -0.133. The molecule has 4 amide bonds. The van der Waals surface area contributed by atoms with Gasteiger partial charge in [0.15, 0.2) is 0 Å². The van der Waals surface area contributed by atoms with Gasteiger partial charge in [0.05, 0.1) is 11.7 Å². The molecule has 0 bridgehead atoms. The molecule has 1 aromatic heterocycles. The van der Waals surface area contributed by atoms with E-state index in [9.17, 15) is 14.4 Å². The molecule has 0 radical (unpaired) electrons. The third-order valence-corrected chi connectivity index (χ3v) is 7.02. The van der Waals surface area contributed by atoms with Gasteiger partial charge in [-0.25, -0.2) is 4.79 Å². The molecule has 1 unspecified atom stereocenters. The van der Waals surface area contributed by atoms with Gasteiger partial charge in [0.1, 0.15) is 5.54 Å². The molecule has 3 aliphatic rings. The second-order valence-electron chi connectivity index (χ2n) is 9.05. The van der Waals surface area contributed by atoms with Crippen LogP contribution in [0.1, 0.15) is 32.6 Å². The first-order valence-corrected chi connectivity index (χ1v) is 11.0. The minimum atomic E-state index is -0.903. The van der Waals surface area contributed by atoms with E-state index in [2.05, 4.69) is 45.8 Å². The number of carbonyl (C=O) groups is 3. The van der Waals surface area contributed by atoms with Crippen molar-refractivity contribution in [3.8, 4) is 0 Å². The minimum absolute atomic E-state index is 0.0446. The SMILES string of the molecule is C[C@H]1CN(C(=O)CCC2(C3CC3)NC(=O)NC2=O)CCN1c1ccc2c(cnn2C)c1. The number of urea groups is 1. The molecular formula is C22H28N6O3. The Hall–Kier alpha value is -3.10. The fourth-order valence-corrected chi connectivity index (χ4v) is 5.11. The zero-order chi connectivity index (χ0) is 21.8. The maximum absolute atomic E-state index is 12.9. The van der Waals surface area contributed by atoms with Gasteiger partial charge in [0.25, 0.3) is 5.91 Å². The maximum atomic E-state index is 12.9. The van der Waals surface area contributed by atoms with Crippen LogP contribution in [0.25, 0.3) is 10.9 Å². The van der Waals surface area contributed by atoms with Crippen molar-refractivity contribution in [2.24, 2.45) is 13.0 Å². The first kappa shape index (κ1) is 19.8. The van der Waals surface area contributed by atoms with Crippen molar-refractivity contribution in [1.82, 2.24) is 25.3 Å². The van der Waals surface area contributed by atoms with Crippen LogP contribution in [-0.4, -0.2) is 63.7 Å². The van der Waals surface area contributed by atoms with Crippen molar-refractivity contribution < 1.29 is 14.4 Å². The lowest BCUT2D eigenvalue weighted by atomic mass is 9.87. The van der Waals surface area contributed by atoms with Crippen LogP contribution in [0.4, 0.5) is 10.5 Å². The van der Waals surface area contributed by atoms with E-state index >= 15 is 0 Å². The number of imide groups is 1. The lowest BCUT2D eigenvalue weighted by Crippen LogP contribution is -2.54. The van der Waals surface area contributed by atoms with Crippen LogP contribution in [-0.2, 0) is 16.6 Å². The molecule has 0 spiro atoms. The molecule has 164 valence electrons. The minimum Gasteiger partial charge on any atom is -0.365 e. The molecule has 2 aromatic rings. The highest BCUT2D eigenvalue weighted by atomic mass is 16.2. The number of anilines is 1. The molecule has 1 aromatic carbocycles. The van der Waals surface area contributed by atoms with E-state index in [4.69, 9.17) is 0 Å². The van der Waals surface area contributed by atoms with Crippen LogP contribution in [0.5, 0.6) is 0 Å². The summed E-state index contributed by atoms with van der Waals surface area (Å²) in [5.74, 6) is -0.0927. The van der Waals surface area contributed by atoms with E-state index in [1.165, 1.54) is 0 Å². The summed E-state index contributed by atoms with van der Waals surface area (Å²) in [6.07, 6.45) is 4.33. The zero-order valence-electron chi connectivity index (χ0n) is 17.9. The van der Waals surface area contributed by atoms with Crippen LogP contribution in [0.15, 0.2) is 24.4 Å². The van der Waals surface area contributed by atoms with Gasteiger partial charge in [0, 0.05) is 50.2 Å². The smallest absolute Gasteiger partial charge is 0.322 e. The van der Waals surface area contributed by atoms with Gasteiger partial charge in [0.2, 0.25) is 5.91 Å². The van der Waals surface area contributed by atoms with E-state index < -0.39 is 11.6 Å². The van der Waals surface area contributed by atoms with Gasteiger partial charge in [-0.3, -0.25) is 19.6 Å². The average molecular weight is 425 g/mol. The molecule has 2 N–H and O–H groups in total. The summed E-state index contributed by atoms with van der Waals surface area (Å²) in [7, 11) is 1.93. The largest absolute Gasteiger partial charge is 0.365 e. The summed E-state index contributed by atoms with van der Waals surface area (Å²) in [5, 5.41) is 10.6. The third kappa shape index (κ3) is 3.41. The van der Waals surface area contributed by atoms with Gasteiger partial charge in [-0.1, -0.05) is 0 Å². The highest BCUT2D eigenvalue weighted by Crippen LogP contribution is 2.43. The number of aromatic nitrogens is 2. The monoisotopic (exact) mass is 424 g/mol. The first-order valence-electron chi connectivity index (χ1n) is 11.0. The molecule has 3 heterocycles. The second-order valence-corrected chi connectivity index (χ2v) is 9.05. The number of nitrogens with zero attached hydrogens (tertiary/aromatic N) is 4. The van der Waals surface area contributed by atoms with Gasteiger partial charge in [-0.2, -0.15) is 5.10 Å². The number of piperazine rings is 1. The van der Waals surface area contributed by atoms with Crippen LogP contribution in [0, 0.1) is 5.92 Å². The Labute approximate surface area is 180 Å². The molecule has 3 fully saturated rings. The zero-order valence-corrected chi connectivity index (χ0v) is 17.9. The Balaban J connectivity index is 1.22. The van der Waals surface area contributed by atoms with Crippen molar-refractivity contribution in [3.05, 3.63) is 24.4 Å². The van der Waals surface area contributed by atoms with Crippen molar-refractivity contribution in [2.45, 2.75) is 44.2 Å². The molecule has 9 heteroatoms. The molecular weight excluding hydrogens is 396 g/mol. The number of fused-ring (bicyclic) bond motifs is 1. The van der Waals surface area contributed by atoms with E-state index in [-0.39, 0.29) is 30.2 Å². The van der Waals surface area contributed by atoms with Crippen molar-refractivity contribution >= 4 is 34.4 Å². The summed E-state index contributed by atoms with van der Waals surface area (Å²) >= 11 is 0. The normalized spacial score (nSPS) is 26.3. The van der Waals surface area contributed by atoms with Crippen molar-refractivity contribution in [3.63, 3.8) is 0 Å². The van der Waals surface area contributed by atoms with Crippen LogP contribution in [0.2, 0.25) is 0 Å². The van der Waals surface area contributed by atoms with Gasteiger partial charge in [-0.15, -0.1) is 0 Å². The summed E-state index contributed by atoms with van der Waals surface area (Å²) < 4.78 is 1.86. The Kier molecular flexibility index (Phi) is 4.64. The summed E-state index contributed by atoms with van der Waals surface area (Å²) in [5.41, 5.74) is 1.33. The number of rotatable bonds is 5. The number of aryl methyl sites for hydroxylation is 1. The summed E-state index contributed by atoms with van der Waals surface area (Å²) in [6, 6.07) is 6.08. The Morgan fingerprint density at radius 1 is 1.26 bits per heavy atom. The van der Waals surface area contributed by atoms with E-state index in [0.29, 0.717) is 19.5 Å². The Morgan fingerprint density at radius 3 is 2.74 bits per heavy atom. The number of hydrogen-bond acceptors (Lipinski definition) is 5. The topological polar surface area (TPSA) is 99.6 Å². The highest BCUT2D eigenvalue weighted by Gasteiger charge is 2.55. The van der Waals surface area contributed by atoms with Crippen LogP contribution < -0.4 is 15.5 Å². The summed E-state index contributed by atoms with van der Waals surface area (Å²) in [4.78, 5) is 41.2. The molecule has 2 aliphatic heterocycles. The fourth-order valence-electron chi connectivity index (χ4n) is 5.11. The standard InChI is InChI=1S/C22H28N6O3/c1-14-13-27(9-10-28(14)17-5-6-18-15(11-17)12-23-26(18)2)19(29)7-8-22(16-3-4-16)20(30)24-21(31)25-22/h5-6,11-12,14,16H,3-4,7-10,13H2,1-2H3,(H2,24,25,30,31)/t14-,22?/m0/s1. The Bertz CT molecular complexity index is 1060. The fraction of sp³-hybridized carbons (Fsp3) is 0.545. The molecule has 5 rings (SSSR count). The first-order chi connectivity index (χ1) is 14.9. The summed E-state index contributed by atoms with van der Waals surface area (Å²) in [6.45, 7) is 4.16. The highest BCUT2D eigenvalue weighted by molar-refractivity contribution is 6.07. The quantitative estimate of drug-likeness (QED) is 0.707. The predicted octanol–water partition coefficient (Wildman–Crippen LogP) is 1.38. The predicted molar refractivity (Wildman–Crippen MR) is 115 cm³/mol. The van der Waals surface area contributed by atoms with Crippen LogP contribution >= 0.6 is 0 Å². The third-order valence-electron chi connectivity index (χ3n) is 7.02. The molecule has 9 nitrogen and oxygen atoms in total. The molecule has 2 atom stereocenters. The van der Waals surface area contributed by atoms with Crippen molar-refractivity contribution in [2.75, 3.05) is 24.5 Å². The second kappa shape index (κ2) is 7.25. The molecule has 1 aliphatic carbocycles. The van der Waals surface area contributed by atoms with Gasteiger partial charge >= 0.3 is 6.03 Å². The lowest BCUT2D eigenvalue weighted by Gasteiger charge is -2.41. The van der Waals surface area contributed by atoms with E-state index in [1.54, 1.807) is 0 Å². The number of hydrogen-bond donors (Lipinski definition) is 2. The van der Waals surface area contributed by atoms with E-state index in [0.717, 1.165) is 36.0 Å². The number of benzene rings is 1. The number of nitrogens with one attached hydrogen (secondary N) is 2.